The highest BCUT2D eigenvalue weighted by molar-refractivity contribution is 5.36. The van der Waals surface area contributed by atoms with E-state index in [1.807, 2.05) is 0 Å². The van der Waals surface area contributed by atoms with Crippen LogP contribution in [-0.2, 0) is 6.42 Å². The van der Waals surface area contributed by atoms with Gasteiger partial charge >= 0.3 is 5.69 Å². The van der Waals surface area contributed by atoms with Gasteiger partial charge in [-0.1, -0.05) is 12.1 Å². The van der Waals surface area contributed by atoms with E-state index in [1.54, 1.807) is 12.1 Å². The number of piperidine rings is 1. The van der Waals surface area contributed by atoms with E-state index < -0.39 is 16.4 Å². The molecule has 0 unspecified atom stereocenters. The van der Waals surface area contributed by atoms with Crippen molar-refractivity contribution in [2.24, 2.45) is 5.92 Å². The molecule has 0 saturated carbocycles. The van der Waals surface area contributed by atoms with Gasteiger partial charge in [-0.15, -0.1) is 0 Å². The number of nitrogens with zero attached hydrogens (tertiary/aromatic N) is 1. The monoisotopic (exact) mass is 238 g/mol. The number of benzene rings is 1. The molecule has 4 nitrogen and oxygen atoms in total. The molecule has 92 valence electrons. The number of nitro benzene ring substituents is 1. The number of hydrogen-bond donors (Lipinski definition) is 1. The third-order valence-corrected chi connectivity index (χ3v) is 3.22. The zero-order chi connectivity index (χ0) is 12.3. The molecule has 0 atom stereocenters. The quantitative estimate of drug-likeness (QED) is 0.649. The molecule has 0 aliphatic carbocycles. The maximum absolute atomic E-state index is 13.8. The highest BCUT2D eigenvalue weighted by Crippen LogP contribution is 2.25. The predicted molar refractivity (Wildman–Crippen MR) is 62.4 cm³/mol. The second kappa shape index (κ2) is 5.23. The number of hydrogen-bond acceptors (Lipinski definition) is 3. The molecule has 17 heavy (non-hydrogen) atoms. The van der Waals surface area contributed by atoms with E-state index in [4.69, 9.17) is 0 Å². The fraction of sp³-hybridized carbons (Fsp3) is 0.500. The van der Waals surface area contributed by atoms with Crippen molar-refractivity contribution in [1.29, 1.82) is 0 Å². The van der Waals surface area contributed by atoms with Gasteiger partial charge in [-0.2, -0.15) is 4.39 Å². The maximum atomic E-state index is 13.8. The molecular formula is C12H15FN2O2. The number of rotatable bonds is 3. The van der Waals surface area contributed by atoms with Crippen LogP contribution < -0.4 is 5.32 Å². The minimum atomic E-state index is -0.670. The summed E-state index contributed by atoms with van der Waals surface area (Å²) in [6.07, 6.45) is 2.60. The molecule has 1 saturated heterocycles. The summed E-state index contributed by atoms with van der Waals surface area (Å²) in [6.45, 7) is 1.89. The fourth-order valence-corrected chi connectivity index (χ4v) is 2.26. The van der Waals surface area contributed by atoms with Gasteiger partial charge < -0.3 is 5.32 Å². The Morgan fingerprint density at radius 2 is 2.12 bits per heavy atom. The first kappa shape index (κ1) is 12.0. The summed E-state index contributed by atoms with van der Waals surface area (Å²) in [5.74, 6) is -0.246. The molecule has 0 aromatic heterocycles. The van der Waals surface area contributed by atoms with Gasteiger partial charge in [0.15, 0.2) is 0 Å². The lowest BCUT2D eigenvalue weighted by atomic mass is 9.90. The smallest absolute Gasteiger partial charge is 0.305 e. The van der Waals surface area contributed by atoms with Gasteiger partial charge in [0.1, 0.15) is 0 Å². The van der Waals surface area contributed by atoms with Crippen molar-refractivity contribution in [1.82, 2.24) is 5.32 Å². The van der Waals surface area contributed by atoms with Crippen molar-refractivity contribution in [2.75, 3.05) is 13.1 Å². The predicted octanol–water partition coefficient (Wildman–Crippen LogP) is 2.28. The SMILES string of the molecule is O=[N+]([O-])c1cccc(CC2CCNCC2)c1F. The van der Waals surface area contributed by atoms with Crippen molar-refractivity contribution in [3.8, 4) is 0 Å². The number of nitrogens with one attached hydrogen (secondary N) is 1. The van der Waals surface area contributed by atoms with Gasteiger partial charge in [0.2, 0.25) is 5.82 Å². The first-order chi connectivity index (χ1) is 8.18. The summed E-state index contributed by atoms with van der Waals surface area (Å²) in [7, 11) is 0. The molecule has 1 aromatic rings. The van der Waals surface area contributed by atoms with Crippen molar-refractivity contribution in [3.63, 3.8) is 0 Å². The highest BCUT2D eigenvalue weighted by atomic mass is 19.1. The van der Waals surface area contributed by atoms with Crippen LogP contribution in [0.2, 0.25) is 0 Å². The second-order valence-electron chi connectivity index (χ2n) is 4.40. The van der Waals surface area contributed by atoms with E-state index in [-0.39, 0.29) is 0 Å². The van der Waals surface area contributed by atoms with Gasteiger partial charge in [-0.25, -0.2) is 0 Å². The van der Waals surface area contributed by atoms with Gasteiger partial charge in [-0.3, -0.25) is 10.1 Å². The molecule has 0 radical (unpaired) electrons. The first-order valence-electron chi connectivity index (χ1n) is 5.81. The third-order valence-electron chi connectivity index (χ3n) is 3.22. The summed E-state index contributed by atoms with van der Waals surface area (Å²) in [5, 5.41) is 13.9. The van der Waals surface area contributed by atoms with Crippen LogP contribution >= 0.6 is 0 Å². The number of nitro groups is 1. The minimum absolute atomic E-state index is 0.420. The summed E-state index contributed by atoms with van der Waals surface area (Å²) in [6, 6.07) is 4.41. The third kappa shape index (κ3) is 2.79. The highest BCUT2D eigenvalue weighted by Gasteiger charge is 2.20. The molecule has 1 aliphatic heterocycles. The molecule has 1 N–H and O–H groups in total. The summed E-state index contributed by atoms with van der Waals surface area (Å²) in [5.41, 5.74) is 0.0440. The van der Waals surface area contributed by atoms with Crippen LogP contribution in [0.25, 0.3) is 0 Å². The zero-order valence-corrected chi connectivity index (χ0v) is 9.49. The topological polar surface area (TPSA) is 55.2 Å². The van der Waals surface area contributed by atoms with Gasteiger partial charge in [0.05, 0.1) is 4.92 Å². The lowest BCUT2D eigenvalue weighted by Crippen LogP contribution is -2.28. The Morgan fingerprint density at radius 3 is 2.76 bits per heavy atom. The Bertz CT molecular complexity index is 417. The Kier molecular flexibility index (Phi) is 3.68. The molecule has 5 heteroatoms. The number of halogens is 1. The molecule has 1 fully saturated rings. The lowest BCUT2D eigenvalue weighted by molar-refractivity contribution is -0.387. The van der Waals surface area contributed by atoms with Gasteiger partial charge in [0, 0.05) is 6.07 Å². The Balaban J connectivity index is 2.15. The van der Waals surface area contributed by atoms with Crippen molar-refractivity contribution in [3.05, 3.63) is 39.7 Å². The van der Waals surface area contributed by atoms with Crippen LogP contribution in [0, 0.1) is 21.8 Å². The molecule has 0 spiro atoms. The van der Waals surface area contributed by atoms with E-state index >= 15 is 0 Å². The largest absolute Gasteiger partial charge is 0.317 e. The standard InChI is InChI=1S/C12H15FN2O2/c13-12-10(2-1-3-11(12)15(16)17)8-9-4-6-14-7-5-9/h1-3,9,14H,4-8H2. The Hall–Kier alpha value is -1.49. The normalized spacial score (nSPS) is 17.0. The molecular weight excluding hydrogens is 223 g/mol. The molecule has 2 rings (SSSR count). The van der Waals surface area contributed by atoms with Crippen LogP contribution in [0.1, 0.15) is 18.4 Å². The summed E-state index contributed by atoms with van der Waals surface area (Å²) in [4.78, 5) is 9.96. The van der Waals surface area contributed by atoms with Crippen molar-refractivity contribution in [2.45, 2.75) is 19.3 Å². The second-order valence-corrected chi connectivity index (χ2v) is 4.40. The molecule has 0 bridgehead atoms. The van der Waals surface area contributed by atoms with Gasteiger partial charge in [0.25, 0.3) is 0 Å². The Labute approximate surface area is 99.0 Å². The van der Waals surface area contributed by atoms with Gasteiger partial charge in [-0.05, 0) is 43.8 Å². The summed E-state index contributed by atoms with van der Waals surface area (Å²) < 4.78 is 13.8. The van der Waals surface area contributed by atoms with Crippen molar-refractivity contribution >= 4 is 5.69 Å². The fourth-order valence-electron chi connectivity index (χ4n) is 2.26. The Morgan fingerprint density at radius 1 is 1.41 bits per heavy atom. The average Bonchev–Trinajstić information content (AvgIpc) is 2.33. The van der Waals surface area contributed by atoms with Crippen molar-refractivity contribution < 1.29 is 9.31 Å². The van der Waals surface area contributed by atoms with Crippen LogP contribution in [0.3, 0.4) is 0 Å². The minimum Gasteiger partial charge on any atom is -0.317 e. The van der Waals surface area contributed by atoms with E-state index in [2.05, 4.69) is 5.32 Å². The van der Waals surface area contributed by atoms with E-state index in [1.165, 1.54) is 6.07 Å². The maximum Gasteiger partial charge on any atom is 0.305 e. The zero-order valence-electron chi connectivity index (χ0n) is 9.49. The molecule has 1 aliphatic rings. The molecule has 1 aromatic carbocycles. The first-order valence-corrected chi connectivity index (χ1v) is 5.81. The van der Waals surface area contributed by atoms with E-state index in [0.717, 1.165) is 25.9 Å². The lowest BCUT2D eigenvalue weighted by Gasteiger charge is -2.22. The van der Waals surface area contributed by atoms with Crippen LogP contribution in [-0.4, -0.2) is 18.0 Å². The van der Waals surface area contributed by atoms with E-state index in [0.29, 0.717) is 17.9 Å². The average molecular weight is 238 g/mol. The summed E-state index contributed by atoms with van der Waals surface area (Å²) >= 11 is 0. The van der Waals surface area contributed by atoms with Crippen LogP contribution in [0.15, 0.2) is 18.2 Å². The molecule has 0 amide bonds. The van der Waals surface area contributed by atoms with Crippen LogP contribution in [0.5, 0.6) is 0 Å². The van der Waals surface area contributed by atoms with Crippen LogP contribution in [0.4, 0.5) is 10.1 Å². The molecule has 1 heterocycles. The van der Waals surface area contributed by atoms with E-state index in [9.17, 15) is 14.5 Å².